The molecule has 0 saturated carbocycles. The maximum absolute atomic E-state index is 13.0. The zero-order chi connectivity index (χ0) is 18.0. The van der Waals surface area contributed by atoms with E-state index >= 15 is 0 Å². The van der Waals surface area contributed by atoms with E-state index in [-0.39, 0.29) is 16.7 Å². The first-order valence-electron chi connectivity index (χ1n) is 6.63. The number of benzene rings is 2. The molecule has 0 aromatic heterocycles. The topological polar surface area (TPSA) is 17.1 Å². The van der Waals surface area contributed by atoms with Gasteiger partial charge in [-0.3, -0.25) is 4.79 Å². The van der Waals surface area contributed by atoms with E-state index in [4.69, 9.17) is 0 Å². The van der Waals surface area contributed by atoms with Gasteiger partial charge in [0.05, 0.1) is 11.1 Å². The largest absolute Gasteiger partial charge is 0.416 e. The molecule has 0 fully saturated rings. The first-order valence-corrected chi connectivity index (χ1v) is 6.63. The summed E-state index contributed by atoms with van der Waals surface area (Å²) in [5, 5.41) is 0. The summed E-state index contributed by atoms with van der Waals surface area (Å²) >= 11 is 0. The highest BCUT2D eigenvalue weighted by Gasteiger charge is 2.33. The smallest absolute Gasteiger partial charge is 0.298 e. The number of rotatable bonds is 3. The summed E-state index contributed by atoms with van der Waals surface area (Å²) in [6, 6.07) is 7.00. The Morgan fingerprint density at radius 2 is 1.46 bits per heavy atom. The van der Waals surface area contributed by atoms with E-state index in [0.29, 0.717) is 6.29 Å². The summed E-state index contributed by atoms with van der Waals surface area (Å²) in [7, 11) is 0. The molecule has 0 unspecified atom stereocenters. The maximum atomic E-state index is 13.0. The molecule has 2 rings (SSSR count). The van der Waals surface area contributed by atoms with E-state index in [9.17, 15) is 31.1 Å². The van der Waals surface area contributed by atoms with Crippen molar-refractivity contribution in [2.75, 3.05) is 0 Å². The Hall–Kier alpha value is -2.57. The summed E-state index contributed by atoms with van der Waals surface area (Å²) in [4.78, 5) is 10.7. The van der Waals surface area contributed by atoms with Crippen molar-refractivity contribution in [3.05, 3.63) is 70.3 Å². The van der Waals surface area contributed by atoms with Gasteiger partial charge in [0.15, 0.2) is 0 Å². The Morgan fingerprint density at radius 3 is 2.04 bits per heavy atom. The fraction of sp³-hybridized carbons (Fsp3) is 0.118. The minimum Gasteiger partial charge on any atom is -0.298 e. The van der Waals surface area contributed by atoms with E-state index < -0.39 is 23.5 Å². The van der Waals surface area contributed by atoms with Gasteiger partial charge in [-0.25, -0.2) is 0 Å². The van der Waals surface area contributed by atoms with Gasteiger partial charge < -0.3 is 0 Å². The molecule has 0 heterocycles. The van der Waals surface area contributed by atoms with Crippen LogP contribution in [0.25, 0.3) is 12.2 Å². The minimum absolute atomic E-state index is 0.0340. The molecule has 2 aromatic rings. The van der Waals surface area contributed by atoms with Crippen molar-refractivity contribution in [2.24, 2.45) is 0 Å². The fourth-order valence-corrected chi connectivity index (χ4v) is 2.06. The van der Waals surface area contributed by atoms with Crippen molar-refractivity contribution >= 4 is 18.4 Å². The standard InChI is InChI=1S/C17H10F6O/c18-16(19,20)14-3-1-2-11(9-14)4-6-13-8-12(10-24)5-7-15(13)17(21,22)23/h1-10H. The molecule has 0 spiro atoms. The van der Waals surface area contributed by atoms with Crippen LogP contribution >= 0.6 is 0 Å². The number of halogens is 6. The molecule has 0 radical (unpaired) electrons. The zero-order valence-corrected chi connectivity index (χ0v) is 11.9. The summed E-state index contributed by atoms with van der Waals surface area (Å²) in [5.74, 6) is 0. The third-order valence-corrected chi connectivity index (χ3v) is 3.19. The average Bonchev–Trinajstić information content (AvgIpc) is 2.51. The van der Waals surface area contributed by atoms with Crippen molar-refractivity contribution < 1.29 is 31.1 Å². The van der Waals surface area contributed by atoms with Gasteiger partial charge in [0.2, 0.25) is 0 Å². The van der Waals surface area contributed by atoms with E-state index in [0.717, 1.165) is 48.6 Å². The molecular formula is C17H10F6O. The van der Waals surface area contributed by atoms with Gasteiger partial charge in [0.25, 0.3) is 0 Å². The van der Waals surface area contributed by atoms with Crippen molar-refractivity contribution in [1.29, 1.82) is 0 Å². The summed E-state index contributed by atoms with van der Waals surface area (Å²) in [6.07, 6.45) is -6.63. The number of carbonyl (C=O) groups excluding carboxylic acids is 1. The van der Waals surface area contributed by atoms with Crippen molar-refractivity contribution in [1.82, 2.24) is 0 Å². The molecular weight excluding hydrogens is 334 g/mol. The van der Waals surface area contributed by atoms with E-state index in [1.165, 1.54) is 6.07 Å². The molecule has 0 N–H and O–H groups in total. The molecule has 1 nitrogen and oxygen atoms in total. The fourth-order valence-electron chi connectivity index (χ4n) is 2.06. The van der Waals surface area contributed by atoms with Crippen molar-refractivity contribution in [2.45, 2.75) is 12.4 Å². The lowest BCUT2D eigenvalue weighted by atomic mass is 10.0. The second-order valence-electron chi connectivity index (χ2n) is 4.92. The number of aldehydes is 1. The van der Waals surface area contributed by atoms with Gasteiger partial charge in [0, 0.05) is 5.56 Å². The number of hydrogen-bond donors (Lipinski definition) is 0. The Balaban J connectivity index is 2.43. The van der Waals surface area contributed by atoms with Gasteiger partial charge >= 0.3 is 12.4 Å². The number of carbonyl (C=O) groups is 1. The van der Waals surface area contributed by atoms with Crippen LogP contribution in [0.5, 0.6) is 0 Å². The molecule has 2 aromatic carbocycles. The third kappa shape index (κ3) is 4.24. The summed E-state index contributed by atoms with van der Waals surface area (Å²) < 4.78 is 76.8. The van der Waals surface area contributed by atoms with Crippen molar-refractivity contribution in [3.8, 4) is 0 Å². The highest BCUT2D eigenvalue weighted by Crippen LogP contribution is 2.34. The van der Waals surface area contributed by atoms with E-state index in [1.807, 2.05) is 0 Å². The van der Waals surface area contributed by atoms with Crippen molar-refractivity contribution in [3.63, 3.8) is 0 Å². The molecule has 0 aliphatic carbocycles. The van der Waals surface area contributed by atoms with Gasteiger partial charge in [-0.1, -0.05) is 30.4 Å². The highest BCUT2D eigenvalue weighted by molar-refractivity contribution is 5.79. The third-order valence-electron chi connectivity index (χ3n) is 3.19. The lowest BCUT2D eigenvalue weighted by molar-refractivity contribution is -0.138. The monoisotopic (exact) mass is 344 g/mol. The number of alkyl halides is 6. The predicted octanol–water partition coefficient (Wildman–Crippen LogP) is 5.71. The first kappa shape index (κ1) is 17.8. The van der Waals surface area contributed by atoms with Crippen LogP contribution in [-0.4, -0.2) is 6.29 Å². The molecule has 0 aliphatic rings. The Kier molecular flexibility index (Phi) is 4.82. The van der Waals surface area contributed by atoms with Crippen LogP contribution < -0.4 is 0 Å². The predicted molar refractivity (Wildman–Crippen MR) is 77.2 cm³/mol. The van der Waals surface area contributed by atoms with Gasteiger partial charge in [-0.2, -0.15) is 26.3 Å². The average molecular weight is 344 g/mol. The molecule has 7 heteroatoms. The Bertz CT molecular complexity index is 771. The molecule has 0 amide bonds. The SMILES string of the molecule is O=Cc1ccc(C(F)(F)F)c(C=Cc2cccc(C(F)(F)F)c2)c1. The summed E-state index contributed by atoms with van der Waals surface area (Å²) in [5.41, 5.74) is -2.05. The minimum atomic E-state index is -4.64. The second kappa shape index (κ2) is 6.51. The highest BCUT2D eigenvalue weighted by atomic mass is 19.4. The summed E-state index contributed by atoms with van der Waals surface area (Å²) in [6.45, 7) is 0. The van der Waals surface area contributed by atoms with Crippen LogP contribution in [0.4, 0.5) is 26.3 Å². The van der Waals surface area contributed by atoms with Crippen LogP contribution in [0.15, 0.2) is 42.5 Å². The van der Waals surface area contributed by atoms with Gasteiger partial charge in [-0.15, -0.1) is 0 Å². The molecule has 0 atom stereocenters. The molecule has 0 saturated heterocycles. The van der Waals surface area contributed by atoms with Crippen LogP contribution in [-0.2, 0) is 12.4 Å². The van der Waals surface area contributed by atoms with E-state index in [2.05, 4.69) is 0 Å². The van der Waals surface area contributed by atoms with Crippen LogP contribution in [0, 0.1) is 0 Å². The number of hydrogen-bond acceptors (Lipinski definition) is 1. The second-order valence-corrected chi connectivity index (χ2v) is 4.92. The molecule has 24 heavy (non-hydrogen) atoms. The van der Waals surface area contributed by atoms with Gasteiger partial charge in [0.1, 0.15) is 6.29 Å². The lowest BCUT2D eigenvalue weighted by Gasteiger charge is -2.11. The Morgan fingerprint density at radius 1 is 0.750 bits per heavy atom. The normalized spacial score (nSPS) is 12.6. The van der Waals surface area contributed by atoms with E-state index in [1.54, 1.807) is 0 Å². The lowest BCUT2D eigenvalue weighted by Crippen LogP contribution is -2.07. The molecule has 126 valence electrons. The van der Waals surface area contributed by atoms with Crippen LogP contribution in [0.1, 0.15) is 32.6 Å². The maximum Gasteiger partial charge on any atom is 0.416 e. The Labute approximate surface area is 133 Å². The quantitative estimate of drug-likeness (QED) is 0.396. The van der Waals surface area contributed by atoms with Crippen LogP contribution in [0.2, 0.25) is 0 Å². The molecule has 0 aliphatic heterocycles. The van der Waals surface area contributed by atoms with Gasteiger partial charge in [-0.05, 0) is 35.4 Å². The first-order chi connectivity index (χ1) is 11.1. The zero-order valence-electron chi connectivity index (χ0n) is 11.9. The molecule has 0 bridgehead atoms. The van der Waals surface area contributed by atoms with Crippen LogP contribution in [0.3, 0.4) is 0 Å².